The van der Waals surface area contributed by atoms with Crippen LogP contribution in [0.3, 0.4) is 0 Å². The largest absolute Gasteiger partial charge is 0.317 e. The molecular formula is C9H16N4. The molecule has 1 fully saturated rings. The van der Waals surface area contributed by atoms with Crippen LogP contribution in [-0.4, -0.2) is 29.2 Å². The molecule has 1 aromatic heterocycles. The Morgan fingerprint density at radius 1 is 1.54 bits per heavy atom. The van der Waals surface area contributed by atoms with Crippen molar-refractivity contribution < 1.29 is 0 Å². The Morgan fingerprint density at radius 2 is 2.46 bits per heavy atom. The Bertz CT molecular complexity index is 249. The Balaban J connectivity index is 2.23. The van der Waals surface area contributed by atoms with Crippen LogP contribution in [0.5, 0.6) is 0 Å². The lowest BCUT2D eigenvalue weighted by Gasteiger charge is -2.39. The quantitative estimate of drug-likeness (QED) is 0.680. The summed E-state index contributed by atoms with van der Waals surface area (Å²) in [4.78, 5) is 4.09. The van der Waals surface area contributed by atoms with E-state index in [9.17, 15) is 0 Å². The van der Waals surface area contributed by atoms with Crippen molar-refractivity contribution in [3.63, 3.8) is 0 Å². The fourth-order valence-corrected chi connectivity index (χ4v) is 1.87. The number of imidazole rings is 1. The van der Waals surface area contributed by atoms with Crippen LogP contribution in [0.2, 0.25) is 0 Å². The standard InChI is InChI=1S/C9H16N4/c1-2-9(7-10-3-4-12-9)13-6-5-11-8-13/h5-6,8,10,12H,2-4,7H2,1H3. The first-order chi connectivity index (χ1) is 6.37. The summed E-state index contributed by atoms with van der Waals surface area (Å²) in [6.07, 6.45) is 6.79. The summed E-state index contributed by atoms with van der Waals surface area (Å²) in [7, 11) is 0. The van der Waals surface area contributed by atoms with E-state index in [2.05, 4.69) is 27.1 Å². The minimum atomic E-state index is 0.0365. The molecule has 1 aromatic rings. The number of hydrogen-bond donors (Lipinski definition) is 2. The first-order valence-corrected chi connectivity index (χ1v) is 4.81. The molecule has 0 radical (unpaired) electrons. The molecule has 1 atom stereocenters. The highest BCUT2D eigenvalue weighted by molar-refractivity contribution is 4.93. The second-order valence-electron chi connectivity index (χ2n) is 3.46. The van der Waals surface area contributed by atoms with Gasteiger partial charge in [-0.2, -0.15) is 0 Å². The molecule has 4 heteroatoms. The molecule has 2 heterocycles. The average molecular weight is 180 g/mol. The molecule has 1 aliphatic heterocycles. The zero-order valence-corrected chi connectivity index (χ0v) is 7.95. The highest BCUT2D eigenvalue weighted by atomic mass is 15.3. The lowest BCUT2D eigenvalue weighted by atomic mass is 10.1. The predicted octanol–water partition coefficient (Wildman–Crippen LogP) is 0.139. The van der Waals surface area contributed by atoms with Crippen LogP contribution in [0, 0.1) is 0 Å². The first kappa shape index (κ1) is 8.72. The number of nitrogens with one attached hydrogen (secondary N) is 2. The minimum Gasteiger partial charge on any atom is -0.317 e. The summed E-state index contributed by atoms with van der Waals surface area (Å²) < 4.78 is 2.15. The third kappa shape index (κ3) is 1.47. The lowest BCUT2D eigenvalue weighted by Crippen LogP contribution is -2.59. The topological polar surface area (TPSA) is 41.9 Å². The SMILES string of the molecule is CCC1(n2ccnc2)CNCCN1. The maximum atomic E-state index is 4.09. The minimum absolute atomic E-state index is 0.0365. The highest BCUT2D eigenvalue weighted by Crippen LogP contribution is 2.17. The van der Waals surface area contributed by atoms with Crippen molar-refractivity contribution >= 4 is 0 Å². The third-order valence-electron chi connectivity index (χ3n) is 2.76. The Labute approximate surface area is 78.4 Å². The van der Waals surface area contributed by atoms with Crippen molar-refractivity contribution in [1.82, 2.24) is 20.2 Å². The fourth-order valence-electron chi connectivity index (χ4n) is 1.87. The molecule has 4 nitrogen and oxygen atoms in total. The van der Waals surface area contributed by atoms with Crippen molar-refractivity contribution in [3.8, 4) is 0 Å². The van der Waals surface area contributed by atoms with E-state index in [4.69, 9.17) is 0 Å². The second kappa shape index (κ2) is 3.47. The van der Waals surface area contributed by atoms with Crippen LogP contribution in [0.25, 0.3) is 0 Å². The molecule has 0 bridgehead atoms. The average Bonchev–Trinajstić information content (AvgIpc) is 2.72. The number of piperazine rings is 1. The predicted molar refractivity (Wildman–Crippen MR) is 51.4 cm³/mol. The second-order valence-corrected chi connectivity index (χ2v) is 3.46. The summed E-state index contributed by atoms with van der Waals surface area (Å²) in [5.74, 6) is 0. The normalized spacial score (nSPS) is 29.0. The molecule has 72 valence electrons. The number of nitrogens with zero attached hydrogens (tertiary/aromatic N) is 2. The summed E-state index contributed by atoms with van der Waals surface area (Å²) in [6, 6.07) is 0. The summed E-state index contributed by atoms with van der Waals surface area (Å²) in [6.45, 7) is 5.24. The zero-order chi connectivity index (χ0) is 9.15. The van der Waals surface area contributed by atoms with E-state index in [1.54, 1.807) is 0 Å². The molecule has 2 rings (SSSR count). The van der Waals surface area contributed by atoms with Crippen molar-refractivity contribution in [2.45, 2.75) is 19.0 Å². The van der Waals surface area contributed by atoms with E-state index >= 15 is 0 Å². The maximum Gasteiger partial charge on any atom is 0.108 e. The van der Waals surface area contributed by atoms with Gasteiger partial charge in [-0.25, -0.2) is 4.98 Å². The van der Waals surface area contributed by atoms with Gasteiger partial charge < -0.3 is 9.88 Å². The smallest absolute Gasteiger partial charge is 0.108 e. The van der Waals surface area contributed by atoms with Gasteiger partial charge in [0, 0.05) is 32.0 Å². The number of rotatable bonds is 2. The molecule has 0 saturated carbocycles. The molecule has 1 unspecified atom stereocenters. The molecule has 13 heavy (non-hydrogen) atoms. The fraction of sp³-hybridized carbons (Fsp3) is 0.667. The van der Waals surface area contributed by atoms with Gasteiger partial charge in [-0.15, -0.1) is 0 Å². The van der Waals surface area contributed by atoms with E-state index in [1.807, 2.05) is 18.7 Å². The van der Waals surface area contributed by atoms with Gasteiger partial charge in [0.15, 0.2) is 0 Å². The molecule has 1 saturated heterocycles. The van der Waals surface area contributed by atoms with Crippen LogP contribution in [-0.2, 0) is 5.66 Å². The van der Waals surface area contributed by atoms with Gasteiger partial charge in [-0.3, -0.25) is 5.32 Å². The van der Waals surface area contributed by atoms with Gasteiger partial charge in [0.2, 0.25) is 0 Å². The highest BCUT2D eigenvalue weighted by Gasteiger charge is 2.30. The van der Waals surface area contributed by atoms with Gasteiger partial charge in [0.05, 0.1) is 6.33 Å². The van der Waals surface area contributed by atoms with Crippen molar-refractivity contribution in [2.75, 3.05) is 19.6 Å². The van der Waals surface area contributed by atoms with E-state index in [-0.39, 0.29) is 5.66 Å². The molecule has 2 N–H and O–H groups in total. The summed E-state index contributed by atoms with van der Waals surface area (Å²) in [5, 5.41) is 6.95. The maximum absolute atomic E-state index is 4.09. The molecule has 0 amide bonds. The Hall–Kier alpha value is -0.870. The Morgan fingerprint density at radius 3 is 3.00 bits per heavy atom. The van der Waals surface area contributed by atoms with Gasteiger partial charge in [-0.05, 0) is 6.42 Å². The number of hydrogen-bond acceptors (Lipinski definition) is 3. The molecule has 0 aliphatic carbocycles. The zero-order valence-electron chi connectivity index (χ0n) is 7.95. The van der Waals surface area contributed by atoms with Gasteiger partial charge in [0.1, 0.15) is 5.66 Å². The molecule has 0 aromatic carbocycles. The van der Waals surface area contributed by atoms with E-state index in [1.165, 1.54) is 0 Å². The molecule has 0 spiro atoms. The van der Waals surface area contributed by atoms with Crippen LogP contribution >= 0.6 is 0 Å². The monoisotopic (exact) mass is 180 g/mol. The summed E-state index contributed by atoms with van der Waals surface area (Å²) in [5.41, 5.74) is 0.0365. The lowest BCUT2D eigenvalue weighted by molar-refractivity contribution is 0.170. The first-order valence-electron chi connectivity index (χ1n) is 4.81. The molecule has 1 aliphatic rings. The summed E-state index contributed by atoms with van der Waals surface area (Å²) >= 11 is 0. The van der Waals surface area contributed by atoms with Gasteiger partial charge >= 0.3 is 0 Å². The Kier molecular flexibility index (Phi) is 2.33. The molecular weight excluding hydrogens is 164 g/mol. The van der Waals surface area contributed by atoms with Gasteiger partial charge in [0.25, 0.3) is 0 Å². The third-order valence-corrected chi connectivity index (χ3v) is 2.76. The van der Waals surface area contributed by atoms with E-state index < -0.39 is 0 Å². The van der Waals surface area contributed by atoms with Crippen molar-refractivity contribution in [1.29, 1.82) is 0 Å². The van der Waals surface area contributed by atoms with Crippen LogP contribution in [0.15, 0.2) is 18.7 Å². The van der Waals surface area contributed by atoms with E-state index in [0.717, 1.165) is 26.1 Å². The van der Waals surface area contributed by atoms with E-state index in [0.29, 0.717) is 0 Å². The number of aromatic nitrogens is 2. The van der Waals surface area contributed by atoms with Crippen LogP contribution in [0.1, 0.15) is 13.3 Å². The van der Waals surface area contributed by atoms with Crippen LogP contribution < -0.4 is 10.6 Å². The van der Waals surface area contributed by atoms with Crippen molar-refractivity contribution in [3.05, 3.63) is 18.7 Å². The van der Waals surface area contributed by atoms with Crippen LogP contribution in [0.4, 0.5) is 0 Å². The van der Waals surface area contributed by atoms with Gasteiger partial charge in [-0.1, -0.05) is 6.92 Å². The van der Waals surface area contributed by atoms with Crippen molar-refractivity contribution in [2.24, 2.45) is 0 Å².